The number of primary amides is 1. The molecule has 6 nitrogen and oxygen atoms in total. The van der Waals surface area contributed by atoms with Gasteiger partial charge in [0.2, 0.25) is 5.91 Å². The van der Waals surface area contributed by atoms with Gasteiger partial charge in [-0.05, 0) is 37.1 Å². The molecule has 0 spiro atoms. The Morgan fingerprint density at radius 2 is 1.91 bits per heavy atom. The lowest BCUT2D eigenvalue weighted by atomic mass is 9.96. The van der Waals surface area contributed by atoms with Crippen molar-refractivity contribution in [2.45, 2.75) is 18.3 Å². The van der Waals surface area contributed by atoms with Crippen LogP contribution >= 0.6 is 0 Å². The van der Waals surface area contributed by atoms with Gasteiger partial charge in [0.15, 0.2) is 0 Å². The summed E-state index contributed by atoms with van der Waals surface area (Å²) in [6, 6.07) is 4.49. The molecule has 0 bridgehead atoms. The van der Waals surface area contributed by atoms with Crippen molar-refractivity contribution in [2.75, 3.05) is 18.0 Å². The SMILES string of the molecule is NC(=O)[C@@]12C[CH]CN1C(=O)N(c1ccc(OC(F)(F)F)cc1)C2. The highest BCUT2D eigenvalue weighted by Crippen LogP contribution is 2.38. The zero-order chi connectivity index (χ0) is 16.8. The van der Waals surface area contributed by atoms with Gasteiger partial charge < -0.3 is 15.4 Å². The van der Waals surface area contributed by atoms with Crippen LogP contribution in [0.1, 0.15) is 6.42 Å². The Balaban J connectivity index is 1.83. The third-order valence-corrected chi connectivity index (χ3v) is 4.03. The van der Waals surface area contributed by atoms with Crippen LogP contribution in [0.4, 0.5) is 23.7 Å². The number of nitrogens with zero attached hydrogens (tertiary/aromatic N) is 2. The molecular formula is C14H13F3N3O3. The third-order valence-electron chi connectivity index (χ3n) is 4.03. The van der Waals surface area contributed by atoms with Crippen molar-refractivity contribution >= 4 is 17.6 Å². The monoisotopic (exact) mass is 328 g/mol. The van der Waals surface area contributed by atoms with Crippen LogP contribution in [0.15, 0.2) is 24.3 Å². The summed E-state index contributed by atoms with van der Waals surface area (Å²) in [6.45, 7) is 0.380. The number of hydrogen-bond donors (Lipinski definition) is 1. The standard InChI is InChI=1S/C14H13F3N3O3/c15-14(16,17)23-10-4-2-9(3-5-10)19-8-13(11(18)21)6-1-7-20(13)12(19)22/h1-5H,6-8H2,(H2,18,21)/t13-/m0/s1. The van der Waals surface area contributed by atoms with Crippen molar-refractivity contribution in [1.29, 1.82) is 0 Å². The lowest BCUT2D eigenvalue weighted by molar-refractivity contribution is -0.274. The number of benzene rings is 1. The number of halogens is 3. The van der Waals surface area contributed by atoms with Gasteiger partial charge in [0.1, 0.15) is 11.3 Å². The van der Waals surface area contributed by atoms with E-state index in [1.807, 2.05) is 0 Å². The molecule has 0 aliphatic carbocycles. The highest BCUT2D eigenvalue weighted by Gasteiger charge is 2.56. The summed E-state index contributed by atoms with van der Waals surface area (Å²) >= 11 is 0. The Labute approximate surface area is 129 Å². The van der Waals surface area contributed by atoms with E-state index in [0.29, 0.717) is 18.7 Å². The van der Waals surface area contributed by atoms with Gasteiger partial charge in [0.25, 0.3) is 0 Å². The number of carbonyl (C=O) groups excluding carboxylic acids is 2. The number of alkyl halides is 3. The number of nitrogens with two attached hydrogens (primary N) is 1. The summed E-state index contributed by atoms with van der Waals surface area (Å²) < 4.78 is 40.2. The van der Waals surface area contributed by atoms with Gasteiger partial charge in [0, 0.05) is 12.2 Å². The molecule has 123 valence electrons. The van der Waals surface area contributed by atoms with Gasteiger partial charge >= 0.3 is 12.4 Å². The summed E-state index contributed by atoms with van der Waals surface area (Å²) in [5, 5.41) is 0. The Morgan fingerprint density at radius 1 is 1.26 bits per heavy atom. The molecule has 1 atom stereocenters. The van der Waals surface area contributed by atoms with Crippen molar-refractivity contribution in [1.82, 2.24) is 4.90 Å². The van der Waals surface area contributed by atoms with E-state index in [4.69, 9.17) is 5.73 Å². The minimum Gasteiger partial charge on any atom is -0.406 e. The van der Waals surface area contributed by atoms with Crippen molar-refractivity contribution in [2.24, 2.45) is 5.73 Å². The molecule has 1 aromatic rings. The molecule has 0 aromatic heterocycles. The van der Waals surface area contributed by atoms with E-state index >= 15 is 0 Å². The predicted molar refractivity (Wildman–Crippen MR) is 73.4 cm³/mol. The molecule has 2 heterocycles. The van der Waals surface area contributed by atoms with Crippen molar-refractivity contribution in [3.63, 3.8) is 0 Å². The van der Waals surface area contributed by atoms with Gasteiger partial charge in [-0.1, -0.05) is 0 Å². The maximum Gasteiger partial charge on any atom is 0.573 e. The van der Waals surface area contributed by atoms with E-state index in [1.54, 1.807) is 6.42 Å². The van der Waals surface area contributed by atoms with Crippen LogP contribution < -0.4 is 15.4 Å². The largest absolute Gasteiger partial charge is 0.573 e. The molecule has 0 saturated carbocycles. The first kappa shape index (κ1) is 15.4. The molecule has 2 N–H and O–H groups in total. The van der Waals surface area contributed by atoms with Gasteiger partial charge in [-0.2, -0.15) is 0 Å². The molecule has 1 radical (unpaired) electrons. The molecule has 3 rings (SSSR count). The van der Waals surface area contributed by atoms with Crippen LogP contribution in [0.5, 0.6) is 5.75 Å². The van der Waals surface area contributed by atoms with Crippen molar-refractivity contribution in [3.05, 3.63) is 30.7 Å². The molecular weight excluding hydrogens is 315 g/mol. The molecule has 2 fully saturated rings. The average Bonchev–Trinajstić information content (AvgIpc) is 2.98. The number of fused-ring (bicyclic) bond motifs is 1. The fraction of sp³-hybridized carbons (Fsp3) is 0.357. The van der Waals surface area contributed by atoms with Crippen molar-refractivity contribution < 1.29 is 27.5 Å². The first-order chi connectivity index (χ1) is 10.7. The quantitative estimate of drug-likeness (QED) is 0.917. The summed E-state index contributed by atoms with van der Waals surface area (Å²) in [7, 11) is 0. The van der Waals surface area contributed by atoms with Crippen LogP contribution in [0.3, 0.4) is 0 Å². The van der Waals surface area contributed by atoms with Crippen molar-refractivity contribution in [3.8, 4) is 5.75 Å². The van der Waals surface area contributed by atoms with Crippen LogP contribution in [0.25, 0.3) is 0 Å². The Kier molecular flexibility index (Phi) is 3.38. The topological polar surface area (TPSA) is 75.9 Å². The van der Waals surface area contributed by atoms with Crippen LogP contribution in [-0.2, 0) is 4.79 Å². The second-order valence-corrected chi connectivity index (χ2v) is 5.41. The number of urea groups is 1. The van der Waals surface area contributed by atoms with Crippen LogP contribution in [0.2, 0.25) is 0 Å². The molecule has 2 saturated heterocycles. The maximum atomic E-state index is 12.4. The second kappa shape index (κ2) is 5.04. The number of rotatable bonds is 3. The normalized spacial score (nSPS) is 24.0. The molecule has 3 amide bonds. The first-order valence-corrected chi connectivity index (χ1v) is 6.79. The van der Waals surface area contributed by atoms with E-state index < -0.39 is 23.8 Å². The molecule has 1 aromatic carbocycles. The van der Waals surface area contributed by atoms with E-state index in [2.05, 4.69) is 4.74 Å². The highest BCUT2D eigenvalue weighted by atomic mass is 19.4. The number of anilines is 1. The van der Waals surface area contributed by atoms with E-state index in [0.717, 1.165) is 12.1 Å². The average molecular weight is 328 g/mol. The number of carbonyl (C=O) groups is 2. The van der Waals surface area contributed by atoms with Crippen LogP contribution in [0, 0.1) is 6.42 Å². The Bertz CT molecular complexity index is 647. The fourth-order valence-corrected chi connectivity index (χ4v) is 2.94. The Morgan fingerprint density at radius 3 is 2.43 bits per heavy atom. The van der Waals surface area contributed by atoms with E-state index in [1.165, 1.54) is 21.9 Å². The second-order valence-electron chi connectivity index (χ2n) is 5.41. The van der Waals surface area contributed by atoms with E-state index in [9.17, 15) is 22.8 Å². The third kappa shape index (κ3) is 2.55. The molecule has 9 heteroatoms. The smallest absolute Gasteiger partial charge is 0.406 e. The lowest BCUT2D eigenvalue weighted by Crippen LogP contribution is -2.52. The predicted octanol–water partition coefficient (Wildman–Crippen LogP) is 1.66. The summed E-state index contributed by atoms with van der Waals surface area (Å²) in [5.74, 6) is -0.981. The van der Waals surface area contributed by atoms with Gasteiger partial charge in [-0.3, -0.25) is 9.69 Å². The summed E-state index contributed by atoms with van der Waals surface area (Å²) in [5.41, 5.74) is 4.73. The van der Waals surface area contributed by atoms with E-state index in [-0.39, 0.29) is 12.3 Å². The molecule has 0 unspecified atom stereocenters. The molecule has 23 heavy (non-hydrogen) atoms. The number of hydrogen-bond acceptors (Lipinski definition) is 3. The zero-order valence-corrected chi connectivity index (χ0v) is 11.8. The number of amides is 3. The van der Waals surface area contributed by atoms with Gasteiger partial charge in [0.05, 0.1) is 6.54 Å². The molecule has 2 aliphatic rings. The zero-order valence-electron chi connectivity index (χ0n) is 11.8. The Hall–Kier alpha value is -2.45. The first-order valence-electron chi connectivity index (χ1n) is 6.79. The number of ether oxygens (including phenoxy) is 1. The van der Waals surface area contributed by atoms with Gasteiger partial charge in [-0.15, -0.1) is 13.2 Å². The summed E-state index contributed by atoms with van der Waals surface area (Å²) in [4.78, 5) is 26.9. The maximum absolute atomic E-state index is 12.4. The fourth-order valence-electron chi connectivity index (χ4n) is 2.94. The minimum absolute atomic E-state index is 0.0666. The highest BCUT2D eigenvalue weighted by molar-refractivity contribution is 6.03. The van der Waals surface area contributed by atoms with Gasteiger partial charge in [-0.25, -0.2) is 4.79 Å². The lowest BCUT2D eigenvalue weighted by Gasteiger charge is -2.25. The van der Waals surface area contributed by atoms with Crippen LogP contribution in [-0.4, -0.2) is 41.8 Å². The summed E-state index contributed by atoms with van der Waals surface area (Å²) in [6.07, 6.45) is -2.61. The minimum atomic E-state index is -4.78. The molecule has 2 aliphatic heterocycles.